The molecule has 3 amide bonds. The molecule has 7 nitrogen and oxygen atoms in total. The summed E-state index contributed by atoms with van der Waals surface area (Å²) in [7, 11) is 0. The van der Waals surface area contributed by atoms with Crippen molar-refractivity contribution in [3.05, 3.63) is 34.9 Å². The lowest BCUT2D eigenvalue weighted by atomic mass is 9.81. The summed E-state index contributed by atoms with van der Waals surface area (Å²) in [4.78, 5) is 41.1. The van der Waals surface area contributed by atoms with E-state index in [0.29, 0.717) is 19.5 Å². The maximum absolute atomic E-state index is 13.3. The van der Waals surface area contributed by atoms with Crippen molar-refractivity contribution in [3.63, 3.8) is 0 Å². The van der Waals surface area contributed by atoms with Gasteiger partial charge >= 0.3 is 12.2 Å². The lowest BCUT2D eigenvalue weighted by Gasteiger charge is -2.34. The van der Waals surface area contributed by atoms with Gasteiger partial charge in [-0.3, -0.25) is 4.79 Å². The summed E-state index contributed by atoms with van der Waals surface area (Å²) in [5, 5.41) is 0. The number of fused-ring (bicyclic) bond motifs is 1. The van der Waals surface area contributed by atoms with Crippen molar-refractivity contribution in [1.29, 1.82) is 0 Å². The number of carbonyl (C=O) groups is 3. The van der Waals surface area contributed by atoms with Crippen LogP contribution in [0, 0.1) is 11.8 Å². The van der Waals surface area contributed by atoms with E-state index in [1.54, 1.807) is 4.90 Å². The summed E-state index contributed by atoms with van der Waals surface area (Å²) < 4.78 is 10.7. The number of rotatable bonds is 4. The molecule has 0 radical (unpaired) electrons. The number of cyclic esters (lactones) is 1. The van der Waals surface area contributed by atoms with Gasteiger partial charge in [-0.1, -0.05) is 45.9 Å². The molecule has 32 heavy (non-hydrogen) atoms. The van der Waals surface area contributed by atoms with E-state index in [1.165, 1.54) is 10.5 Å². The predicted molar refractivity (Wildman–Crippen MR) is 121 cm³/mol. The second kappa shape index (κ2) is 9.12. The van der Waals surface area contributed by atoms with Gasteiger partial charge in [0.1, 0.15) is 12.2 Å². The van der Waals surface area contributed by atoms with Crippen molar-refractivity contribution < 1.29 is 23.9 Å². The van der Waals surface area contributed by atoms with Gasteiger partial charge in [-0.05, 0) is 55.7 Å². The minimum atomic E-state index is -0.546. The smallest absolute Gasteiger partial charge is 0.416 e. The van der Waals surface area contributed by atoms with Crippen molar-refractivity contribution in [2.45, 2.75) is 79.0 Å². The molecule has 2 heterocycles. The highest BCUT2D eigenvalue weighted by Crippen LogP contribution is 2.34. The molecule has 0 unspecified atom stereocenters. The van der Waals surface area contributed by atoms with Crippen LogP contribution >= 0.6 is 0 Å². The number of nitrogens with zero attached hydrogens (tertiary/aromatic N) is 2. The number of amides is 3. The first-order chi connectivity index (χ1) is 14.9. The molecular weight excluding hydrogens is 408 g/mol. The fourth-order valence-electron chi connectivity index (χ4n) is 4.43. The number of hydrogen-bond acceptors (Lipinski definition) is 5. The fraction of sp³-hybridized carbons (Fsp3) is 0.640. The molecule has 0 bridgehead atoms. The first-order valence-electron chi connectivity index (χ1n) is 11.5. The van der Waals surface area contributed by atoms with Crippen LogP contribution < -0.4 is 0 Å². The molecule has 0 aliphatic carbocycles. The SMILES string of the molecule is CC(C)[C@H]1COC(=O)N1C(=O)[C@@H](C)[C@@H](C)c1cccc2c1CCN(C(=O)OC(C)(C)C)C2. The highest BCUT2D eigenvalue weighted by atomic mass is 16.6. The molecule has 0 saturated carbocycles. The molecule has 1 aromatic carbocycles. The summed E-state index contributed by atoms with van der Waals surface area (Å²) in [6, 6.07) is 5.83. The molecule has 1 saturated heterocycles. The second-order valence-corrected chi connectivity index (χ2v) is 10.3. The molecule has 0 N–H and O–H groups in total. The Morgan fingerprint density at radius 1 is 1.16 bits per heavy atom. The number of hydrogen-bond donors (Lipinski definition) is 0. The molecule has 3 rings (SSSR count). The van der Waals surface area contributed by atoms with Crippen LogP contribution in [0.25, 0.3) is 0 Å². The molecule has 1 aromatic rings. The van der Waals surface area contributed by atoms with Crippen molar-refractivity contribution in [1.82, 2.24) is 9.80 Å². The van der Waals surface area contributed by atoms with Gasteiger partial charge in [-0.2, -0.15) is 0 Å². The Bertz CT molecular complexity index is 889. The monoisotopic (exact) mass is 444 g/mol. The van der Waals surface area contributed by atoms with Crippen LogP contribution in [-0.2, 0) is 27.2 Å². The summed E-state index contributed by atoms with van der Waals surface area (Å²) in [5.41, 5.74) is 2.82. The second-order valence-electron chi connectivity index (χ2n) is 10.3. The Labute approximate surface area is 191 Å². The van der Waals surface area contributed by atoms with E-state index in [0.717, 1.165) is 11.1 Å². The van der Waals surface area contributed by atoms with Crippen molar-refractivity contribution in [2.75, 3.05) is 13.2 Å². The highest BCUT2D eigenvalue weighted by Gasteiger charge is 2.42. The van der Waals surface area contributed by atoms with Gasteiger partial charge in [0.25, 0.3) is 0 Å². The maximum atomic E-state index is 13.3. The Morgan fingerprint density at radius 2 is 1.84 bits per heavy atom. The Hall–Kier alpha value is -2.57. The average molecular weight is 445 g/mol. The highest BCUT2D eigenvalue weighted by molar-refractivity contribution is 5.95. The lowest BCUT2D eigenvalue weighted by Crippen LogP contribution is -2.45. The zero-order chi connectivity index (χ0) is 23.8. The molecule has 0 spiro atoms. The van der Waals surface area contributed by atoms with E-state index in [9.17, 15) is 14.4 Å². The van der Waals surface area contributed by atoms with Gasteiger partial charge in [-0.25, -0.2) is 14.5 Å². The first kappa shape index (κ1) is 24.1. The number of carbonyl (C=O) groups excluding carboxylic acids is 3. The minimum Gasteiger partial charge on any atom is -0.447 e. The first-order valence-corrected chi connectivity index (χ1v) is 11.5. The third-order valence-corrected chi connectivity index (χ3v) is 6.50. The Balaban J connectivity index is 1.78. The van der Waals surface area contributed by atoms with Crippen LogP contribution in [0.4, 0.5) is 9.59 Å². The van der Waals surface area contributed by atoms with E-state index in [-0.39, 0.29) is 42.4 Å². The van der Waals surface area contributed by atoms with Gasteiger partial charge in [-0.15, -0.1) is 0 Å². The van der Waals surface area contributed by atoms with Gasteiger partial charge in [0.15, 0.2) is 0 Å². The summed E-state index contributed by atoms with van der Waals surface area (Å²) in [6.45, 7) is 14.8. The van der Waals surface area contributed by atoms with E-state index in [4.69, 9.17) is 9.47 Å². The molecule has 7 heteroatoms. The summed E-state index contributed by atoms with van der Waals surface area (Å²) in [5.74, 6) is -0.511. The topological polar surface area (TPSA) is 76.2 Å². The summed E-state index contributed by atoms with van der Waals surface area (Å²) in [6.07, 6.45) is -0.149. The van der Waals surface area contributed by atoms with Crippen LogP contribution in [0.5, 0.6) is 0 Å². The van der Waals surface area contributed by atoms with Crippen molar-refractivity contribution in [3.8, 4) is 0 Å². The molecule has 2 aliphatic rings. The predicted octanol–water partition coefficient (Wildman–Crippen LogP) is 4.72. The average Bonchev–Trinajstić information content (AvgIpc) is 3.11. The fourth-order valence-corrected chi connectivity index (χ4v) is 4.43. The molecule has 2 aliphatic heterocycles. The van der Waals surface area contributed by atoms with Crippen molar-refractivity contribution >= 4 is 18.1 Å². The van der Waals surface area contributed by atoms with Gasteiger partial charge in [0.05, 0.1) is 6.04 Å². The van der Waals surface area contributed by atoms with Crippen molar-refractivity contribution in [2.24, 2.45) is 11.8 Å². The van der Waals surface area contributed by atoms with Crippen LogP contribution in [0.3, 0.4) is 0 Å². The van der Waals surface area contributed by atoms with Crippen LogP contribution in [-0.4, -0.2) is 52.7 Å². The van der Waals surface area contributed by atoms with Crippen LogP contribution in [0.15, 0.2) is 18.2 Å². The maximum Gasteiger partial charge on any atom is 0.416 e. The van der Waals surface area contributed by atoms with Crippen LogP contribution in [0.1, 0.15) is 71.1 Å². The largest absolute Gasteiger partial charge is 0.447 e. The standard InChI is InChI=1S/C25H36N2O5/c1-15(2)21-14-31-24(30)27(21)22(28)17(4)16(3)19-10-8-9-18-13-26(12-11-20(18)19)23(29)32-25(5,6)7/h8-10,15-17,21H,11-14H2,1-7H3/t16-,17+,21-/m1/s1. The van der Waals surface area contributed by atoms with Gasteiger partial charge < -0.3 is 14.4 Å². The number of imide groups is 1. The zero-order valence-electron chi connectivity index (χ0n) is 20.3. The third-order valence-electron chi connectivity index (χ3n) is 6.50. The minimum absolute atomic E-state index is 0.0771. The van der Waals surface area contributed by atoms with Gasteiger partial charge in [0.2, 0.25) is 5.91 Å². The van der Waals surface area contributed by atoms with E-state index in [2.05, 4.69) is 6.07 Å². The molecule has 3 atom stereocenters. The lowest BCUT2D eigenvalue weighted by molar-refractivity contribution is -0.134. The van der Waals surface area contributed by atoms with E-state index in [1.807, 2.05) is 60.6 Å². The Morgan fingerprint density at radius 3 is 2.47 bits per heavy atom. The molecule has 176 valence electrons. The Kier molecular flexibility index (Phi) is 6.86. The molecule has 0 aromatic heterocycles. The van der Waals surface area contributed by atoms with E-state index >= 15 is 0 Å². The molecular formula is C25H36N2O5. The normalized spacial score (nSPS) is 20.6. The molecule has 1 fully saturated rings. The summed E-state index contributed by atoms with van der Waals surface area (Å²) >= 11 is 0. The van der Waals surface area contributed by atoms with Gasteiger partial charge in [0, 0.05) is 19.0 Å². The zero-order valence-corrected chi connectivity index (χ0v) is 20.3. The van der Waals surface area contributed by atoms with E-state index < -0.39 is 11.7 Å². The quantitative estimate of drug-likeness (QED) is 0.671. The third kappa shape index (κ3) is 4.92. The number of ether oxygens (including phenoxy) is 2. The number of benzene rings is 1. The van der Waals surface area contributed by atoms with Crippen LogP contribution in [0.2, 0.25) is 0 Å².